The lowest BCUT2D eigenvalue weighted by molar-refractivity contribution is -0.114. The number of hydrogen-bond acceptors (Lipinski definition) is 4. The molecule has 1 atom stereocenters. The Morgan fingerprint density at radius 3 is 2.59 bits per heavy atom. The van der Waals surface area contributed by atoms with Crippen molar-refractivity contribution < 1.29 is 13.9 Å². The number of nitrogens with one attached hydrogen (secondary N) is 1. The lowest BCUT2D eigenvalue weighted by atomic mass is 9.88. The highest BCUT2D eigenvalue weighted by Gasteiger charge is 2.32. The van der Waals surface area contributed by atoms with Gasteiger partial charge in [-0.2, -0.15) is 0 Å². The van der Waals surface area contributed by atoms with Crippen LogP contribution in [0.1, 0.15) is 47.4 Å². The lowest BCUT2D eigenvalue weighted by Gasteiger charge is -2.36. The van der Waals surface area contributed by atoms with E-state index < -0.39 is 0 Å². The molecule has 1 aliphatic heterocycles. The third kappa shape index (κ3) is 3.93. The average molecular weight is 389 g/mol. The maximum Gasteiger partial charge on any atom is 0.221 e. The molecule has 1 unspecified atom stereocenters. The van der Waals surface area contributed by atoms with Crippen LogP contribution >= 0.6 is 11.3 Å². The van der Waals surface area contributed by atoms with E-state index >= 15 is 0 Å². The summed E-state index contributed by atoms with van der Waals surface area (Å²) in [7, 11) is 0. The molecule has 1 amide bonds. The third-order valence-corrected chi connectivity index (χ3v) is 6.59. The summed E-state index contributed by atoms with van der Waals surface area (Å²) in [5, 5.41) is 4.03. The van der Waals surface area contributed by atoms with E-state index in [-0.39, 0.29) is 17.8 Å². The molecule has 6 heteroatoms. The van der Waals surface area contributed by atoms with Crippen molar-refractivity contribution in [1.82, 2.24) is 4.90 Å². The first kappa shape index (κ1) is 18.6. The van der Waals surface area contributed by atoms with Gasteiger partial charge >= 0.3 is 0 Å². The minimum atomic E-state index is -0.228. The van der Waals surface area contributed by atoms with E-state index in [1.54, 1.807) is 18.3 Å². The van der Waals surface area contributed by atoms with Crippen LogP contribution in [0.4, 0.5) is 9.39 Å². The predicted octanol–water partition coefficient (Wildman–Crippen LogP) is 4.15. The van der Waals surface area contributed by atoms with Crippen LogP contribution in [0.15, 0.2) is 24.3 Å². The Kier molecular flexibility index (Phi) is 5.57. The highest BCUT2D eigenvalue weighted by atomic mass is 32.1. The van der Waals surface area contributed by atoms with Crippen LogP contribution in [0.3, 0.4) is 0 Å². The molecule has 1 fully saturated rings. The second kappa shape index (κ2) is 8.09. The van der Waals surface area contributed by atoms with Gasteiger partial charge in [0.15, 0.2) is 0 Å². The molecule has 1 aromatic carbocycles. The first-order valence-electron chi connectivity index (χ1n) is 9.63. The van der Waals surface area contributed by atoms with Crippen LogP contribution in [-0.4, -0.2) is 37.1 Å². The topological polar surface area (TPSA) is 41.6 Å². The lowest BCUT2D eigenvalue weighted by Crippen LogP contribution is -2.40. The fourth-order valence-electron chi connectivity index (χ4n) is 4.17. The molecule has 0 saturated carbocycles. The maximum atomic E-state index is 13.6. The van der Waals surface area contributed by atoms with Gasteiger partial charge in [-0.25, -0.2) is 4.39 Å². The fourth-order valence-corrected chi connectivity index (χ4v) is 5.54. The highest BCUT2D eigenvalue weighted by molar-refractivity contribution is 7.16. The molecule has 2 heterocycles. The van der Waals surface area contributed by atoms with Crippen LogP contribution in [-0.2, 0) is 22.4 Å². The van der Waals surface area contributed by atoms with Crippen molar-refractivity contribution in [3.63, 3.8) is 0 Å². The van der Waals surface area contributed by atoms with E-state index in [0.29, 0.717) is 13.2 Å². The van der Waals surface area contributed by atoms with E-state index in [9.17, 15) is 9.18 Å². The van der Waals surface area contributed by atoms with Crippen molar-refractivity contribution in [2.45, 2.75) is 38.6 Å². The number of hydrogen-bond donors (Lipinski definition) is 1. The van der Waals surface area contributed by atoms with Crippen LogP contribution in [0.25, 0.3) is 0 Å². The Morgan fingerprint density at radius 1 is 1.19 bits per heavy atom. The number of morpholine rings is 1. The molecule has 27 heavy (non-hydrogen) atoms. The van der Waals surface area contributed by atoms with Gasteiger partial charge in [-0.1, -0.05) is 12.1 Å². The molecule has 4 rings (SSSR count). The second-order valence-corrected chi connectivity index (χ2v) is 8.34. The first-order valence-corrected chi connectivity index (χ1v) is 10.4. The molecular formula is C21H25FN2O2S. The molecule has 2 aliphatic rings. The van der Waals surface area contributed by atoms with Crippen LogP contribution in [0, 0.1) is 5.82 Å². The quantitative estimate of drug-likeness (QED) is 0.856. The van der Waals surface area contributed by atoms with Gasteiger partial charge in [-0.15, -0.1) is 11.3 Å². The van der Waals surface area contributed by atoms with Gasteiger partial charge < -0.3 is 10.1 Å². The zero-order chi connectivity index (χ0) is 18.8. The van der Waals surface area contributed by atoms with Crippen LogP contribution < -0.4 is 5.32 Å². The number of fused-ring (bicyclic) bond motifs is 1. The van der Waals surface area contributed by atoms with Gasteiger partial charge in [-0.05, 0) is 48.9 Å². The van der Waals surface area contributed by atoms with E-state index in [2.05, 4.69) is 10.2 Å². The average Bonchev–Trinajstić information content (AvgIpc) is 3.02. The Labute approximate surface area is 163 Å². The number of rotatable bonds is 4. The van der Waals surface area contributed by atoms with Crippen molar-refractivity contribution in [2.24, 2.45) is 0 Å². The summed E-state index contributed by atoms with van der Waals surface area (Å²) in [6.07, 6.45) is 4.50. The number of aryl methyl sites for hydroxylation is 1. The summed E-state index contributed by atoms with van der Waals surface area (Å²) in [5.41, 5.74) is 3.66. The number of thiophene rings is 1. The number of nitrogens with zero attached hydrogens (tertiary/aromatic N) is 1. The minimum absolute atomic E-state index is 0.00875. The maximum absolute atomic E-state index is 13.6. The molecule has 0 spiro atoms. The third-order valence-electron chi connectivity index (χ3n) is 5.37. The smallest absolute Gasteiger partial charge is 0.221 e. The van der Waals surface area contributed by atoms with Crippen LogP contribution in [0.2, 0.25) is 0 Å². The van der Waals surface area contributed by atoms with Gasteiger partial charge in [0.25, 0.3) is 0 Å². The van der Waals surface area contributed by atoms with Gasteiger partial charge in [0, 0.05) is 30.5 Å². The summed E-state index contributed by atoms with van der Waals surface area (Å²) in [6, 6.07) is 6.81. The minimum Gasteiger partial charge on any atom is -0.379 e. The molecule has 1 aromatic heterocycles. The Morgan fingerprint density at radius 2 is 1.89 bits per heavy atom. The SMILES string of the molecule is CC(=O)Nc1sc2c(c1C(c1ccc(F)cc1)N1CCOCC1)CCCC2. The van der Waals surface area contributed by atoms with Gasteiger partial charge in [0.05, 0.1) is 19.3 Å². The summed E-state index contributed by atoms with van der Waals surface area (Å²) in [6.45, 7) is 4.60. The number of carbonyl (C=O) groups is 1. The number of benzene rings is 1. The summed E-state index contributed by atoms with van der Waals surface area (Å²) < 4.78 is 19.1. The van der Waals surface area contributed by atoms with Crippen molar-refractivity contribution in [3.8, 4) is 0 Å². The zero-order valence-electron chi connectivity index (χ0n) is 15.6. The second-order valence-electron chi connectivity index (χ2n) is 7.24. The Balaban J connectivity index is 1.84. The molecule has 1 aliphatic carbocycles. The van der Waals surface area contributed by atoms with Gasteiger partial charge in [-0.3, -0.25) is 9.69 Å². The monoisotopic (exact) mass is 388 g/mol. The predicted molar refractivity (Wildman–Crippen MR) is 106 cm³/mol. The van der Waals surface area contributed by atoms with E-state index in [1.807, 2.05) is 12.1 Å². The Hall–Kier alpha value is -1.76. The van der Waals surface area contributed by atoms with Gasteiger partial charge in [0.2, 0.25) is 5.91 Å². The van der Waals surface area contributed by atoms with E-state index in [0.717, 1.165) is 36.5 Å². The summed E-state index contributed by atoms with van der Waals surface area (Å²) >= 11 is 1.72. The molecule has 1 saturated heterocycles. The fraction of sp³-hybridized carbons (Fsp3) is 0.476. The molecule has 2 aromatic rings. The normalized spacial score (nSPS) is 18.7. The van der Waals surface area contributed by atoms with Crippen molar-refractivity contribution in [3.05, 3.63) is 51.7 Å². The molecule has 4 nitrogen and oxygen atoms in total. The molecule has 0 radical (unpaired) electrons. The molecule has 0 bridgehead atoms. The number of ether oxygens (including phenoxy) is 1. The summed E-state index contributed by atoms with van der Waals surface area (Å²) in [5.74, 6) is -0.274. The first-order chi connectivity index (χ1) is 13.1. The van der Waals surface area contributed by atoms with Gasteiger partial charge in [0.1, 0.15) is 10.8 Å². The van der Waals surface area contributed by atoms with Crippen molar-refractivity contribution >= 4 is 22.2 Å². The highest BCUT2D eigenvalue weighted by Crippen LogP contribution is 2.45. The van der Waals surface area contributed by atoms with E-state index in [1.165, 1.54) is 41.0 Å². The number of carbonyl (C=O) groups excluding carboxylic acids is 1. The molecule has 144 valence electrons. The number of anilines is 1. The largest absolute Gasteiger partial charge is 0.379 e. The van der Waals surface area contributed by atoms with Crippen LogP contribution in [0.5, 0.6) is 0 Å². The van der Waals surface area contributed by atoms with E-state index in [4.69, 9.17) is 4.74 Å². The molecular weight excluding hydrogens is 363 g/mol. The Bertz CT molecular complexity index is 812. The van der Waals surface area contributed by atoms with Crippen molar-refractivity contribution in [2.75, 3.05) is 31.6 Å². The zero-order valence-corrected chi connectivity index (χ0v) is 16.4. The number of amides is 1. The standard InChI is InChI=1S/C21H25FN2O2S/c1-14(25)23-21-19(17-4-2-3-5-18(17)27-21)20(24-10-12-26-13-11-24)15-6-8-16(22)9-7-15/h6-9,20H,2-5,10-13H2,1H3,(H,23,25). The van der Waals surface area contributed by atoms with Crippen molar-refractivity contribution in [1.29, 1.82) is 0 Å². The number of halogens is 1. The summed E-state index contributed by atoms with van der Waals surface area (Å²) in [4.78, 5) is 15.7. The molecule has 1 N–H and O–H groups in total.